The number of benzene rings is 1. The summed E-state index contributed by atoms with van der Waals surface area (Å²) in [4.78, 5) is 12.7. The fourth-order valence-electron chi connectivity index (χ4n) is 2.03. The molecule has 5 heteroatoms. The quantitative estimate of drug-likeness (QED) is 0.723. The zero-order valence-corrected chi connectivity index (χ0v) is 13.9. The molecular weight excluding hydrogens is 292 g/mol. The van der Waals surface area contributed by atoms with E-state index in [4.69, 9.17) is 17.3 Å². The SMILES string of the molecule is CCCNC(C)(CC(C)Sc1ccccc1Cl)C(N)=O. The van der Waals surface area contributed by atoms with Crippen LogP contribution in [0.5, 0.6) is 0 Å². The molecule has 0 heterocycles. The van der Waals surface area contributed by atoms with Crippen molar-refractivity contribution < 1.29 is 4.79 Å². The first kappa shape index (κ1) is 17.3. The van der Waals surface area contributed by atoms with E-state index in [0.29, 0.717) is 6.42 Å². The first-order chi connectivity index (χ1) is 9.39. The first-order valence-corrected chi connectivity index (χ1v) is 8.11. The van der Waals surface area contributed by atoms with Crippen LogP contribution >= 0.6 is 23.4 Å². The molecule has 0 aromatic heterocycles. The van der Waals surface area contributed by atoms with E-state index in [9.17, 15) is 4.79 Å². The minimum absolute atomic E-state index is 0.233. The zero-order valence-electron chi connectivity index (χ0n) is 12.3. The van der Waals surface area contributed by atoms with Crippen molar-refractivity contribution in [2.75, 3.05) is 6.54 Å². The Kier molecular flexibility index (Phi) is 6.86. The van der Waals surface area contributed by atoms with Gasteiger partial charge >= 0.3 is 0 Å². The summed E-state index contributed by atoms with van der Waals surface area (Å²) in [7, 11) is 0. The highest BCUT2D eigenvalue weighted by atomic mass is 35.5. The number of nitrogens with two attached hydrogens (primary N) is 1. The molecule has 0 fully saturated rings. The third kappa shape index (κ3) is 5.00. The maximum absolute atomic E-state index is 11.7. The Bertz CT molecular complexity index is 455. The van der Waals surface area contributed by atoms with E-state index in [1.807, 2.05) is 31.2 Å². The lowest BCUT2D eigenvalue weighted by Crippen LogP contribution is -2.54. The average Bonchev–Trinajstić information content (AvgIpc) is 2.39. The number of halogens is 1. The van der Waals surface area contributed by atoms with Gasteiger partial charge < -0.3 is 11.1 Å². The third-order valence-corrected chi connectivity index (χ3v) is 4.79. The fourth-order valence-corrected chi connectivity index (χ4v) is 3.49. The van der Waals surface area contributed by atoms with Crippen LogP contribution in [0, 0.1) is 0 Å². The van der Waals surface area contributed by atoms with Crippen LogP contribution in [-0.4, -0.2) is 23.2 Å². The van der Waals surface area contributed by atoms with E-state index in [1.165, 1.54) is 0 Å². The number of hydrogen-bond acceptors (Lipinski definition) is 3. The molecule has 2 unspecified atom stereocenters. The predicted molar refractivity (Wildman–Crippen MR) is 87.3 cm³/mol. The average molecular weight is 315 g/mol. The molecule has 1 amide bonds. The van der Waals surface area contributed by atoms with E-state index in [1.54, 1.807) is 11.8 Å². The Labute approximate surface area is 130 Å². The van der Waals surface area contributed by atoms with E-state index in [-0.39, 0.29) is 11.2 Å². The number of thioether (sulfide) groups is 1. The lowest BCUT2D eigenvalue weighted by Gasteiger charge is -2.30. The van der Waals surface area contributed by atoms with Crippen LogP contribution in [0.2, 0.25) is 5.02 Å². The van der Waals surface area contributed by atoms with Crippen LogP contribution < -0.4 is 11.1 Å². The number of rotatable bonds is 8. The molecule has 1 rings (SSSR count). The second-order valence-electron chi connectivity index (χ2n) is 5.19. The lowest BCUT2D eigenvalue weighted by molar-refractivity contribution is -0.124. The smallest absolute Gasteiger partial charge is 0.237 e. The number of amides is 1. The first-order valence-electron chi connectivity index (χ1n) is 6.85. The van der Waals surface area contributed by atoms with Gasteiger partial charge in [0.15, 0.2) is 0 Å². The molecule has 0 saturated carbocycles. The van der Waals surface area contributed by atoms with Crippen LogP contribution in [0.4, 0.5) is 0 Å². The molecule has 2 atom stereocenters. The molecule has 0 aliphatic carbocycles. The second kappa shape index (κ2) is 7.91. The van der Waals surface area contributed by atoms with Gasteiger partial charge in [-0.3, -0.25) is 4.79 Å². The summed E-state index contributed by atoms with van der Waals surface area (Å²) >= 11 is 7.83. The molecule has 1 aromatic rings. The third-order valence-electron chi connectivity index (χ3n) is 3.17. The van der Waals surface area contributed by atoms with Gasteiger partial charge in [-0.25, -0.2) is 0 Å². The van der Waals surface area contributed by atoms with Crippen molar-refractivity contribution in [1.82, 2.24) is 5.32 Å². The van der Waals surface area contributed by atoms with E-state index < -0.39 is 5.54 Å². The maximum atomic E-state index is 11.7. The summed E-state index contributed by atoms with van der Waals surface area (Å²) in [5.41, 5.74) is 4.87. The lowest BCUT2D eigenvalue weighted by atomic mass is 9.95. The molecule has 3 N–H and O–H groups in total. The van der Waals surface area contributed by atoms with Gasteiger partial charge in [0.1, 0.15) is 0 Å². The molecule has 0 aliphatic rings. The van der Waals surface area contributed by atoms with Crippen molar-refractivity contribution >= 4 is 29.3 Å². The highest BCUT2D eigenvalue weighted by Gasteiger charge is 2.32. The Hall–Kier alpha value is -0.710. The molecular formula is C15H23ClN2OS. The van der Waals surface area contributed by atoms with Crippen molar-refractivity contribution in [3.8, 4) is 0 Å². The van der Waals surface area contributed by atoms with Gasteiger partial charge in [0.25, 0.3) is 0 Å². The normalized spacial score (nSPS) is 15.6. The number of carbonyl (C=O) groups is 1. The summed E-state index contributed by atoms with van der Waals surface area (Å²) < 4.78 is 0. The molecule has 0 spiro atoms. The van der Waals surface area contributed by atoms with Gasteiger partial charge in [0.05, 0.1) is 10.6 Å². The summed E-state index contributed by atoms with van der Waals surface area (Å²) in [6.45, 7) is 6.80. The van der Waals surface area contributed by atoms with Crippen molar-refractivity contribution in [2.45, 2.75) is 49.3 Å². The highest BCUT2D eigenvalue weighted by molar-refractivity contribution is 8.00. The monoisotopic (exact) mass is 314 g/mol. The zero-order chi connectivity index (χ0) is 15.2. The van der Waals surface area contributed by atoms with Crippen LogP contribution in [0.25, 0.3) is 0 Å². The largest absolute Gasteiger partial charge is 0.368 e. The number of carbonyl (C=O) groups excluding carboxylic acids is 1. The molecule has 1 aromatic carbocycles. The molecule has 0 saturated heterocycles. The molecule has 3 nitrogen and oxygen atoms in total. The fraction of sp³-hybridized carbons (Fsp3) is 0.533. The Morgan fingerprint density at radius 1 is 1.50 bits per heavy atom. The van der Waals surface area contributed by atoms with E-state index >= 15 is 0 Å². The van der Waals surface area contributed by atoms with Crippen molar-refractivity contribution in [3.63, 3.8) is 0 Å². The van der Waals surface area contributed by atoms with Crippen LogP contribution in [0.15, 0.2) is 29.2 Å². The minimum Gasteiger partial charge on any atom is -0.368 e. The van der Waals surface area contributed by atoms with Crippen molar-refractivity contribution in [3.05, 3.63) is 29.3 Å². The van der Waals surface area contributed by atoms with Crippen LogP contribution in [0.3, 0.4) is 0 Å². The van der Waals surface area contributed by atoms with Gasteiger partial charge in [-0.15, -0.1) is 11.8 Å². The molecule has 112 valence electrons. The molecule has 0 bridgehead atoms. The summed E-state index contributed by atoms with van der Waals surface area (Å²) in [5.74, 6) is -0.308. The van der Waals surface area contributed by atoms with Gasteiger partial charge in [0, 0.05) is 10.1 Å². The standard InChI is InChI=1S/C15H23ClN2OS/c1-4-9-18-15(3,14(17)19)10-11(2)20-13-8-6-5-7-12(13)16/h5-8,11,18H,4,9-10H2,1-3H3,(H2,17,19). The van der Waals surface area contributed by atoms with Gasteiger partial charge in [0.2, 0.25) is 5.91 Å². The van der Waals surface area contributed by atoms with Crippen molar-refractivity contribution in [2.24, 2.45) is 5.73 Å². The maximum Gasteiger partial charge on any atom is 0.237 e. The highest BCUT2D eigenvalue weighted by Crippen LogP contribution is 2.33. The number of hydrogen-bond donors (Lipinski definition) is 2. The van der Waals surface area contributed by atoms with Gasteiger partial charge in [-0.1, -0.05) is 37.6 Å². The number of primary amides is 1. The Morgan fingerprint density at radius 3 is 2.70 bits per heavy atom. The second-order valence-corrected chi connectivity index (χ2v) is 7.07. The van der Waals surface area contributed by atoms with E-state index in [0.717, 1.165) is 22.9 Å². The molecule has 0 radical (unpaired) electrons. The number of nitrogens with one attached hydrogen (secondary N) is 1. The molecule has 0 aliphatic heterocycles. The summed E-state index contributed by atoms with van der Waals surface area (Å²) in [6, 6.07) is 7.74. The van der Waals surface area contributed by atoms with Gasteiger partial charge in [-0.05, 0) is 38.4 Å². The van der Waals surface area contributed by atoms with E-state index in [2.05, 4.69) is 19.2 Å². The van der Waals surface area contributed by atoms with Crippen LogP contribution in [0.1, 0.15) is 33.6 Å². The summed E-state index contributed by atoms with van der Waals surface area (Å²) in [5, 5.41) is 4.23. The summed E-state index contributed by atoms with van der Waals surface area (Å²) in [6.07, 6.45) is 1.63. The van der Waals surface area contributed by atoms with Crippen molar-refractivity contribution in [1.29, 1.82) is 0 Å². The molecule has 20 heavy (non-hydrogen) atoms. The topological polar surface area (TPSA) is 55.1 Å². The Morgan fingerprint density at radius 2 is 2.15 bits per heavy atom. The van der Waals surface area contributed by atoms with Crippen LogP contribution in [-0.2, 0) is 4.79 Å². The minimum atomic E-state index is -0.677. The Balaban J connectivity index is 2.69. The van der Waals surface area contributed by atoms with Gasteiger partial charge in [-0.2, -0.15) is 0 Å². The predicted octanol–water partition coefficient (Wildman–Crippen LogP) is 3.45.